The van der Waals surface area contributed by atoms with E-state index in [1.807, 2.05) is 25.7 Å². The molecule has 2 fully saturated rings. The summed E-state index contributed by atoms with van der Waals surface area (Å²) in [6.07, 6.45) is 1.24. The van der Waals surface area contributed by atoms with Crippen LogP contribution in [0.3, 0.4) is 0 Å². The van der Waals surface area contributed by atoms with Gasteiger partial charge in [-0.05, 0) is 39.5 Å². The van der Waals surface area contributed by atoms with Crippen molar-refractivity contribution in [3.63, 3.8) is 0 Å². The maximum Gasteiger partial charge on any atom is 0.410 e. The summed E-state index contributed by atoms with van der Waals surface area (Å²) in [7, 11) is 0. The number of hydrogen-bond donors (Lipinski definition) is 0. The fourth-order valence-electron chi connectivity index (χ4n) is 3.44. The van der Waals surface area contributed by atoms with Crippen molar-refractivity contribution >= 4 is 12.0 Å². The second kappa shape index (κ2) is 7.72. The quantitative estimate of drug-likeness (QED) is 0.791. The van der Waals surface area contributed by atoms with Crippen LogP contribution in [0.5, 0.6) is 0 Å². The number of nitrogens with zero attached hydrogens (tertiary/aromatic N) is 3. The van der Waals surface area contributed by atoms with E-state index in [9.17, 15) is 9.59 Å². The number of piperazine rings is 1. The van der Waals surface area contributed by atoms with Gasteiger partial charge < -0.3 is 9.64 Å². The standard InChI is InChI=1S/C18H33N3O3/c1-14(2)13-19-9-11-20(12-10-19)16(22)15-7-6-8-21(15)17(23)24-18(3,4)5/h14-15H,6-13H2,1-5H3. The summed E-state index contributed by atoms with van der Waals surface area (Å²) >= 11 is 0. The molecule has 0 aromatic carbocycles. The molecule has 24 heavy (non-hydrogen) atoms. The number of rotatable bonds is 3. The van der Waals surface area contributed by atoms with Crippen LogP contribution in [-0.2, 0) is 9.53 Å². The number of carbonyl (C=O) groups is 2. The van der Waals surface area contributed by atoms with Gasteiger partial charge in [0.1, 0.15) is 11.6 Å². The monoisotopic (exact) mass is 339 g/mol. The summed E-state index contributed by atoms with van der Waals surface area (Å²) in [5.74, 6) is 0.729. The zero-order valence-corrected chi connectivity index (χ0v) is 15.9. The molecule has 2 amide bonds. The van der Waals surface area contributed by atoms with Gasteiger partial charge >= 0.3 is 6.09 Å². The Morgan fingerprint density at radius 1 is 1.08 bits per heavy atom. The molecule has 2 saturated heterocycles. The SMILES string of the molecule is CC(C)CN1CCN(C(=O)C2CCCN2C(=O)OC(C)(C)C)CC1. The third kappa shape index (κ3) is 5.10. The van der Waals surface area contributed by atoms with Gasteiger partial charge in [0.05, 0.1) is 0 Å². The van der Waals surface area contributed by atoms with E-state index in [2.05, 4.69) is 18.7 Å². The van der Waals surface area contributed by atoms with Gasteiger partial charge in [0.15, 0.2) is 0 Å². The summed E-state index contributed by atoms with van der Waals surface area (Å²) in [5, 5.41) is 0. The summed E-state index contributed by atoms with van der Waals surface area (Å²) in [6, 6.07) is -0.350. The van der Waals surface area contributed by atoms with Crippen molar-refractivity contribution < 1.29 is 14.3 Å². The summed E-state index contributed by atoms with van der Waals surface area (Å²) in [5.41, 5.74) is -0.532. The van der Waals surface area contributed by atoms with E-state index in [0.717, 1.165) is 45.6 Å². The van der Waals surface area contributed by atoms with E-state index in [1.54, 1.807) is 4.90 Å². The molecule has 0 N–H and O–H groups in total. The van der Waals surface area contributed by atoms with Gasteiger partial charge in [0.25, 0.3) is 0 Å². The first-order valence-corrected chi connectivity index (χ1v) is 9.18. The van der Waals surface area contributed by atoms with Crippen LogP contribution >= 0.6 is 0 Å². The Morgan fingerprint density at radius 2 is 1.71 bits per heavy atom. The Hall–Kier alpha value is -1.30. The molecule has 2 rings (SSSR count). The van der Waals surface area contributed by atoms with Gasteiger partial charge in [-0.25, -0.2) is 4.79 Å². The Bertz CT molecular complexity index is 451. The number of likely N-dealkylation sites (tertiary alicyclic amines) is 1. The molecule has 138 valence electrons. The summed E-state index contributed by atoms with van der Waals surface area (Å²) in [4.78, 5) is 31.2. The lowest BCUT2D eigenvalue weighted by atomic mass is 10.1. The summed E-state index contributed by atoms with van der Waals surface area (Å²) in [6.45, 7) is 15.0. The number of amides is 2. The van der Waals surface area contributed by atoms with Crippen molar-refractivity contribution in [1.82, 2.24) is 14.7 Å². The van der Waals surface area contributed by atoms with Gasteiger partial charge in [-0.3, -0.25) is 14.6 Å². The topological polar surface area (TPSA) is 53.1 Å². The first-order valence-electron chi connectivity index (χ1n) is 9.18. The predicted octanol–water partition coefficient (Wildman–Crippen LogP) is 2.19. The molecule has 0 aliphatic carbocycles. The van der Waals surface area contributed by atoms with Gasteiger partial charge in [-0.1, -0.05) is 13.8 Å². The first kappa shape index (κ1) is 19.0. The second-order valence-electron chi connectivity index (χ2n) is 8.35. The number of carbonyl (C=O) groups excluding carboxylic acids is 2. The Balaban J connectivity index is 1.91. The van der Waals surface area contributed by atoms with E-state index < -0.39 is 5.60 Å². The van der Waals surface area contributed by atoms with E-state index >= 15 is 0 Å². The Morgan fingerprint density at radius 3 is 2.25 bits per heavy atom. The van der Waals surface area contributed by atoms with E-state index in [-0.39, 0.29) is 18.0 Å². The lowest BCUT2D eigenvalue weighted by molar-refractivity contribution is -0.137. The lowest BCUT2D eigenvalue weighted by Gasteiger charge is -2.38. The zero-order valence-electron chi connectivity index (χ0n) is 15.9. The highest BCUT2D eigenvalue weighted by molar-refractivity contribution is 5.86. The van der Waals surface area contributed by atoms with Gasteiger partial charge in [0.2, 0.25) is 5.91 Å². The zero-order chi connectivity index (χ0) is 17.9. The maximum atomic E-state index is 12.9. The fourth-order valence-corrected chi connectivity index (χ4v) is 3.44. The molecule has 0 saturated carbocycles. The second-order valence-corrected chi connectivity index (χ2v) is 8.35. The molecule has 1 unspecified atom stereocenters. The van der Waals surface area contributed by atoms with Crippen LogP contribution in [0.4, 0.5) is 4.79 Å². The van der Waals surface area contributed by atoms with Gasteiger partial charge in [-0.15, -0.1) is 0 Å². The maximum absolute atomic E-state index is 12.9. The molecule has 6 nitrogen and oxygen atoms in total. The predicted molar refractivity (Wildman–Crippen MR) is 93.8 cm³/mol. The van der Waals surface area contributed by atoms with Crippen LogP contribution in [0.15, 0.2) is 0 Å². The third-order valence-electron chi connectivity index (χ3n) is 4.47. The van der Waals surface area contributed by atoms with Crippen molar-refractivity contribution in [3.05, 3.63) is 0 Å². The molecule has 0 aromatic rings. The molecule has 6 heteroatoms. The summed E-state index contributed by atoms with van der Waals surface area (Å²) < 4.78 is 5.46. The number of hydrogen-bond acceptors (Lipinski definition) is 4. The number of ether oxygens (including phenoxy) is 1. The smallest absolute Gasteiger partial charge is 0.410 e. The molecule has 2 heterocycles. The van der Waals surface area contributed by atoms with Crippen molar-refractivity contribution in [2.24, 2.45) is 5.92 Å². The normalized spacial score (nSPS) is 23.0. The van der Waals surface area contributed by atoms with Crippen molar-refractivity contribution in [2.45, 2.75) is 59.1 Å². The molecule has 0 aromatic heterocycles. The van der Waals surface area contributed by atoms with Crippen LogP contribution in [-0.4, -0.2) is 77.6 Å². The van der Waals surface area contributed by atoms with Crippen LogP contribution in [0.2, 0.25) is 0 Å². The van der Waals surface area contributed by atoms with Gasteiger partial charge in [-0.2, -0.15) is 0 Å². The van der Waals surface area contributed by atoms with Crippen LogP contribution in [0, 0.1) is 5.92 Å². The van der Waals surface area contributed by atoms with Crippen molar-refractivity contribution in [2.75, 3.05) is 39.3 Å². The molecular formula is C18H33N3O3. The molecule has 2 aliphatic rings. The third-order valence-corrected chi connectivity index (χ3v) is 4.47. The van der Waals surface area contributed by atoms with E-state index in [1.165, 1.54) is 0 Å². The van der Waals surface area contributed by atoms with Crippen LogP contribution in [0.1, 0.15) is 47.5 Å². The molecule has 1 atom stereocenters. The van der Waals surface area contributed by atoms with E-state index in [4.69, 9.17) is 4.74 Å². The highest BCUT2D eigenvalue weighted by atomic mass is 16.6. The largest absolute Gasteiger partial charge is 0.444 e. The van der Waals surface area contributed by atoms with E-state index in [0.29, 0.717) is 12.5 Å². The van der Waals surface area contributed by atoms with Crippen LogP contribution in [0.25, 0.3) is 0 Å². The minimum Gasteiger partial charge on any atom is -0.444 e. The minimum absolute atomic E-state index is 0.0857. The first-order chi connectivity index (χ1) is 11.2. The van der Waals surface area contributed by atoms with Crippen molar-refractivity contribution in [3.8, 4) is 0 Å². The molecule has 2 aliphatic heterocycles. The Labute approximate surface area is 146 Å². The molecular weight excluding hydrogens is 306 g/mol. The molecule has 0 radical (unpaired) electrons. The minimum atomic E-state index is -0.532. The van der Waals surface area contributed by atoms with Gasteiger partial charge in [0, 0.05) is 39.3 Å². The Kier molecular flexibility index (Phi) is 6.12. The average molecular weight is 339 g/mol. The highest BCUT2D eigenvalue weighted by Gasteiger charge is 2.39. The van der Waals surface area contributed by atoms with Crippen molar-refractivity contribution in [1.29, 1.82) is 0 Å². The average Bonchev–Trinajstić information content (AvgIpc) is 2.94. The molecule has 0 spiro atoms. The molecule has 0 bridgehead atoms. The lowest BCUT2D eigenvalue weighted by Crippen LogP contribution is -2.55. The highest BCUT2D eigenvalue weighted by Crippen LogP contribution is 2.23. The van der Waals surface area contributed by atoms with Crippen LogP contribution < -0.4 is 0 Å². The fraction of sp³-hybridized carbons (Fsp3) is 0.889.